The molecule has 0 spiro atoms. The van der Waals surface area contributed by atoms with Crippen LogP contribution in [0, 0.1) is 0 Å². The molecule has 1 aliphatic heterocycles. The predicted molar refractivity (Wildman–Crippen MR) is 143 cm³/mol. The molecule has 34 heavy (non-hydrogen) atoms. The van der Waals surface area contributed by atoms with Crippen LogP contribution in [0.2, 0.25) is 0 Å². The highest BCUT2D eigenvalue weighted by atomic mass is 32.2. The van der Waals surface area contributed by atoms with Crippen molar-refractivity contribution in [1.82, 2.24) is 4.98 Å². The lowest BCUT2D eigenvalue weighted by Gasteiger charge is -2.21. The van der Waals surface area contributed by atoms with Gasteiger partial charge in [-0.1, -0.05) is 72.8 Å². The molecule has 172 valence electrons. The minimum atomic E-state index is -0.0400. The number of carbonyl (C=O) groups is 1. The average molecular weight is 487 g/mol. The number of benzene rings is 3. The Morgan fingerprint density at radius 1 is 0.912 bits per heavy atom. The van der Waals surface area contributed by atoms with Crippen molar-refractivity contribution in [1.29, 1.82) is 0 Å². The molecule has 0 aliphatic carbocycles. The van der Waals surface area contributed by atoms with E-state index in [2.05, 4.69) is 17.4 Å². The van der Waals surface area contributed by atoms with Crippen LogP contribution in [-0.2, 0) is 11.2 Å². The maximum absolute atomic E-state index is 12.7. The Hall–Kier alpha value is -2.96. The number of thioether (sulfide) groups is 2. The van der Waals surface area contributed by atoms with Gasteiger partial charge in [-0.25, -0.2) is 4.98 Å². The lowest BCUT2D eigenvalue weighted by atomic mass is 10.1. The zero-order valence-electron chi connectivity index (χ0n) is 18.8. The Morgan fingerprint density at radius 3 is 2.35 bits per heavy atom. The fourth-order valence-corrected chi connectivity index (χ4v) is 6.81. The molecule has 4 aromatic rings. The van der Waals surface area contributed by atoms with Gasteiger partial charge in [-0.05, 0) is 35.6 Å². The summed E-state index contributed by atoms with van der Waals surface area (Å²) in [5.41, 5.74) is 4.88. The fraction of sp³-hybridized carbons (Fsp3) is 0.214. The molecule has 4 nitrogen and oxygen atoms in total. The quantitative estimate of drug-likeness (QED) is 0.294. The normalized spacial score (nSPS) is 14.1. The second kappa shape index (κ2) is 11.0. The topological polar surface area (TPSA) is 55.1 Å². The number of aryl methyl sites for hydroxylation is 1. The van der Waals surface area contributed by atoms with E-state index in [1.165, 1.54) is 23.5 Å². The summed E-state index contributed by atoms with van der Waals surface area (Å²) in [4.78, 5) is 17.5. The standard InChI is InChI=1S/C28H26N2O2S2/c31-24(29-23-14-7-13-22(19-23)28-33-17-8-18-34-28)15-16-25-30-26(20-9-3-1-4-10-20)27(32-25)21-11-5-2-6-12-21/h1-7,9-14,19,28H,8,15-18H2,(H,29,31). The molecule has 3 aromatic carbocycles. The van der Waals surface area contributed by atoms with Crippen molar-refractivity contribution in [2.24, 2.45) is 0 Å². The van der Waals surface area contributed by atoms with Gasteiger partial charge in [0.05, 0.1) is 4.58 Å². The summed E-state index contributed by atoms with van der Waals surface area (Å²) in [6.07, 6.45) is 2.01. The van der Waals surface area contributed by atoms with Crippen LogP contribution in [0.15, 0.2) is 89.3 Å². The van der Waals surface area contributed by atoms with Crippen LogP contribution in [0.5, 0.6) is 0 Å². The summed E-state index contributed by atoms with van der Waals surface area (Å²) in [5, 5.41) is 3.05. The molecule has 1 N–H and O–H groups in total. The van der Waals surface area contributed by atoms with E-state index in [4.69, 9.17) is 9.40 Å². The smallest absolute Gasteiger partial charge is 0.224 e. The Kier molecular flexibility index (Phi) is 7.37. The molecule has 1 amide bonds. The van der Waals surface area contributed by atoms with E-state index < -0.39 is 0 Å². The molecule has 0 bridgehead atoms. The van der Waals surface area contributed by atoms with Gasteiger partial charge in [0.25, 0.3) is 0 Å². The number of nitrogens with zero attached hydrogens (tertiary/aromatic N) is 1. The van der Waals surface area contributed by atoms with Gasteiger partial charge in [0.2, 0.25) is 5.91 Å². The lowest BCUT2D eigenvalue weighted by molar-refractivity contribution is -0.116. The second-order valence-corrected chi connectivity index (χ2v) is 10.8. The molecule has 1 fully saturated rings. The third-order valence-electron chi connectivity index (χ3n) is 5.59. The van der Waals surface area contributed by atoms with Crippen molar-refractivity contribution in [2.75, 3.05) is 16.8 Å². The number of hydrogen-bond donors (Lipinski definition) is 1. The maximum Gasteiger partial charge on any atom is 0.224 e. The highest BCUT2D eigenvalue weighted by molar-refractivity contribution is 8.16. The maximum atomic E-state index is 12.7. The van der Waals surface area contributed by atoms with Crippen LogP contribution in [0.25, 0.3) is 22.6 Å². The van der Waals surface area contributed by atoms with Crippen LogP contribution >= 0.6 is 23.5 Å². The van der Waals surface area contributed by atoms with Gasteiger partial charge in [0.1, 0.15) is 5.69 Å². The number of hydrogen-bond acceptors (Lipinski definition) is 5. The monoisotopic (exact) mass is 486 g/mol. The minimum Gasteiger partial charge on any atom is -0.440 e. The van der Waals surface area contributed by atoms with Crippen LogP contribution in [0.4, 0.5) is 5.69 Å². The molecule has 6 heteroatoms. The molecule has 0 atom stereocenters. The molecule has 1 saturated heterocycles. The summed E-state index contributed by atoms with van der Waals surface area (Å²) in [6.45, 7) is 0. The first-order chi connectivity index (χ1) is 16.8. The van der Waals surface area contributed by atoms with Crippen molar-refractivity contribution in [3.63, 3.8) is 0 Å². The van der Waals surface area contributed by atoms with Crippen LogP contribution < -0.4 is 5.32 Å². The Balaban J connectivity index is 1.28. The number of anilines is 1. The molecule has 1 aromatic heterocycles. The Morgan fingerprint density at radius 2 is 1.62 bits per heavy atom. The first-order valence-electron chi connectivity index (χ1n) is 11.5. The third kappa shape index (κ3) is 5.57. The van der Waals surface area contributed by atoms with Crippen LogP contribution in [-0.4, -0.2) is 22.4 Å². The molecular formula is C28H26N2O2S2. The largest absolute Gasteiger partial charge is 0.440 e. The van der Waals surface area contributed by atoms with Gasteiger partial charge < -0.3 is 9.73 Å². The number of oxazole rings is 1. The average Bonchev–Trinajstić information content (AvgIpc) is 3.34. The first-order valence-corrected chi connectivity index (χ1v) is 13.6. The van der Waals surface area contributed by atoms with E-state index in [-0.39, 0.29) is 5.91 Å². The van der Waals surface area contributed by atoms with E-state index in [0.29, 0.717) is 23.3 Å². The van der Waals surface area contributed by atoms with Gasteiger partial charge in [-0.2, -0.15) is 0 Å². The number of nitrogens with one attached hydrogen (secondary N) is 1. The van der Waals surface area contributed by atoms with Crippen molar-refractivity contribution in [3.05, 3.63) is 96.4 Å². The Labute approximate surface area is 208 Å². The van der Waals surface area contributed by atoms with Gasteiger partial charge in [0, 0.05) is 29.7 Å². The molecule has 2 heterocycles. The second-order valence-electron chi connectivity index (χ2n) is 8.12. The summed E-state index contributed by atoms with van der Waals surface area (Å²) in [7, 11) is 0. The number of amides is 1. The van der Waals surface area contributed by atoms with Gasteiger partial charge >= 0.3 is 0 Å². The lowest BCUT2D eigenvalue weighted by Crippen LogP contribution is -2.12. The molecule has 5 rings (SSSR count). The summed E-state index contributed by atoms with van der Waals surface area (Å²) in [6, 6.07) is 28.2. The van der Waals surface area contributed by atoms with E-state index in [1.54, 1.807) is 0 Å². The number of carbonyl (C=O) groups excluding carboxylic acids is 1. The predicted octanol–water partition coefficient (Wildman–Crippen LogP) is 7.45. The van der Waals surface area contributed by atoms with E-state index in [9.17, 15) is 4.79 Å². The van der Waals surface area contributed by atoms with Crippen LogP contribution in [0.1, 0.15) is 28.9 Å². The molecular weight excluding hydrogens is 460 g/mol. The minimum absolute atomic E-state index is 0.0400. The van der Waals surface area contributed by atoms with Gasteiger partial charge in [0.15, 0.2) is 11.7 Å². The molecule has 0 unspecified atom stereocenters. The third-order valence-corrected chi connectivity index (χ3v) is 8.61. The van der Waals surface area contributed by atoms with Crippen molar-refractivity contribution >= 4 is 35.1 Å². The highest BCUT2D eigenvalue weighted by Gasteiger charge is 2.19. The van der Waals surface area contributed by atoms with Crippen molar-refractivity contribution in [2.45, 2.75) is 23.8 Å². The van der Waals surface area contributed by atoms with Gasteiger partial charge in [-0.15, -0.1) is 23.5 Å². The molecule has 0 saturated carbocycles. The van der Waals surface area contributed by atoms with E-state index >= 15 is 0 Å². The fourth-order valence-electron chi connectivity index (χ4n) is 3.94. The zero-order chi connectivity index (χ0) is 23.2. The van der Waals surface area contributed by atoms with Gasteiger partial charge in [-0.3, -0.25) is 4.79 Å². The summed E-state index contributed by atoms with van der Waals surface area (Å²) in [5.74, 6) is 3.65. The highest BCUT2D eigenvalue weighted by Crippen LogP contribution is 2.44. The number of rotatable bonds is 7. The zero-order valence-corrected chi connectivity index (χ0v) is 20.4. The van der Waals surface area contributed by atoms with Crippen molar-refractivity contribution in [3.8, 4) is 22.6 Å². The molecule has 0 radical (unpaired) electrons. The molecule has 1 aliphatic rings. The van der Waals surface area contributed by atoms with E-state index in [0.717, 1.165) is 28.3 Å². The number of aromatic nitrogens is 1. The van der Waals surface area contributed by atoms with E-state index in [1.807, 2.05) is 96.3 Å². The summed E-state index contributed by atoms with van der Waals surface area (Å²) < 4.78 is 6.61. The summed E-state index contributed by atoms with van der Waals surface area (Å²) >= 11 is 3.96. The van der Waals surface area contributed by atoms with Crippen molar-refractivity contribution < 1.29 is 9.21 Å². The van der Waals surface area contributed by atoms with Crippen LogP contribution in [0.3, 0.4) is 0 Å². The SMILES string of the molecule is O=C(CCc1nc(-c2ccccc2)c(-c2ccccc2)o1)Nc1cccc(C2SCCCS2)c1. The first kappa shape index (κ1) is 22.8. The Bertz CT molecular complexity index is 1180.